The van der Waals surface area contributed by atoms with E-state index in [-0.39, 0.29) is 39.4 Å². The predicted octanol–water partition coefficient (Wildman–Crippen LogP) is 5.68. The van der Waals surface area contributed by atoms with Gasteiger partial charge in [-0.3, -0.25) is 4.79 Å². The number of fused-ring (bicyclic) bond motifs is 1. The number of Topliss-reactive ketones (excluding diaryl/α,β-unsaturated/α-hetero) is 1. The fourth-order valence-electron chi connectivity index (χ4n) is 4.03. The number of hydrogen-bond donors (Lipinski definition) is 0. The van der Waals surface area contributed by atoms with E-state index in [0.29, 0.717) is 22.8 Å². The van der Waals surface area contributed by atoms with Crippen LogP contribution in [0.15, 0.2) is 17.9 Å². The van der Waals surface area contributed by atoms with Gasteiger partial charge in [-0.1, -0.05) is 53.1 Å². The molecule has 0 fully saturated rings. The molecule has 0 saturated carbocycles. The molecule has 1 aromatic rings. The highest BCUT2D eigenvalue weighted by molar-refractivity contribution is 6.35. The van der Waals surface area contributed by atoms with Gasteiger partial charge >= 0.3 is 0 Å². The molecular formula is C23H31ClO5. The fraction of sp³-hybridized carbons (Fsp3) is 0.609. The molecule has 3 rings (SSSR count). The van der Waals surface area contributed by atoms with Crippen LogP contribution in [0.25, 0.3) is 0 Å². The maximum absolute atomic E-state index is 13.8. The normalized spacial score (nSPS) is 27.1. The van der Waals surface area contributed by atoms with E-state index in [9.17, 15) is 4.79 Å². The lowest BCUT2D eigenvalue weighted by molar-refractivity contribution is -0.0840. The second-order valence-electron chi connectivity index (χ2n) is 9.33. The number of ketones is 1. The van der Waals surface area contributed by atoms with E-state index in [1.165, 1.54) is 14.2 Å². The number of allylic oxidation sites excluding steroid dienone is 1. The van der Waals surface area contributed by atoms with Crippen LogP contribution in [0.1, 0.15) is 58.8 Å². The molecule has 0 amide bonds. The number of carbonyl (C=O) groups excluding carboxylic acids is 1. The monoisotopic (exact) mass is 422 g/mol. The summed E-state index contributed by atoms with van der Waals surface area (Å²) in [6.07, 6.45) is 1.93. The van der Waals surface area contributed by atoms with Crippen molar-refractivity contribution in [3.8, 4) is 17.2 Å². The Kier molecular flexibility index (Phi) is 5.14. The summed E-state index contributed by atoms with van der Waals surface area (Å²) in [5, 5.41) is 0.253. The van der Waals surface area contributed by atoms with Crippen molar-refractivity contribution in [3.05, 3.63) is 28.5 Å². The van der Waals surface area contributed by atoms with E-state index in [4.69, 9.17) is 30.5 Å². The molecule has 0 radical (unpaired) electrons. The quantitative estimate of drug-likeness (QED) is 0.624. The van der Waals surface area contributed by atoms with E-state index in [2.05, 4.69) is 27.7 Å². The Morgan fingerprint density at radius 3 is 2.17 bits per heavy atom. The van der Waals surface area contributed by atoms with Gasteiger partial charge in [0.1, 0.15) is 33.9 Å². The smallest absolute Gasteiger partial charge is 0.230 e. The first kappa shape index (κ1) is 21.8. The molecule has 1 unspecified atom stereocenters. The van der Waals surface area contributed by atoms with Crippen LogP contribution >= 0.6 is 11.6 Å². The highest BCUT2D eigenvalue weighted by atomic mass is 35.5. The van der Waals surface area contributed by atoms with Gasteiger partial charge in [0.05, 0.1) is 14.2 Å². The molecular weight excluding hydrogens is 392 g/mol. The maximum Gasteiger partial charge on any atom is 0.230 e. The van der Waals surface area contributed by atoms with E-state index in [1.54, 1.807) is 6.07 Å². The number of rotatable bonds is 4. The Morgan fingerprint density at radius 1 is 1.10 bits per heavy atom. The average Bonchev–Trinajstić information content (AvgIpc) is 2.95. The zero-order chi connectivity index (χ0) is 21.9. The van der Waals surface area contributed by atoms with Gasteiger partial charge in [0.25, 0.3) is 0 Å². The first-order valence-electron chi connectivity index (χ1n) is 9.93. The molecule has 0 aliphatic carbocycles. The molecule has 29 heavy (non-hydrogen) atoms. The van der Waals surface area contributed by atoms with Crippen molar-refractivity contribution in [2.45, 2.75) is 60.2 Å². The van der Waals surface area contributed by atoms with Crippen LogP contribution in [0.5, 0.6) is 17.2 Å². The van der Waals surface area contributed by atoms with Gasteiger partial charge in [0.2, 0.25) is 11.4 Å². The maximum atomic E-state index is 13.8. The van der Waals surface area contributed by atoms with Crippen LogP contribution in [0.2, 0.25) is 5.02 Å². The standard InChI is InChI=1S/C23H31ClO5/c1-12(2)23(16-11-21(4,5)22(6,7)13(3)28-16)20(25)17-14(26-8)10-15(27-9)18(24)19(17)29-23/h10-13H,1-9H3/t13?,23-/m0/s1. The lowest BCUT2D eigenvalue weighted by Gasteiger charge is -2.50. The number of halogens is 1. The molecule has 0 saturated heterocycles. The highest BCUT2D eigenvalue weighted by Crippen LogP contribution is 2.56. The Hall–Kier alpha value is -1.88. The molecule has 0 bridgehead atoms. The van der Waals surface area contributed by atoms with Crippen LogP contribution in [-0.4, -0.2) is 31.7 Å². The molecule has 1 aromatic carbocycles. The molecule has 6 heteroatoms. The van der Waals surface area contributed by atoms with Crippen molar-refractivity contribution in [1.29, 1.82) is 0 Å². The number of ether oxygens (including phenoxy) is 4. The van der Waals surface area contributed by atoms with Gasteiger partial charge < -0.3 is 18.9 Å². The zero-order valence-corrected chi connectivity index (χ0v) is 19.5. The summed E-state index contributed by atoms with van der Waals surface area (Å²) in [6, 6.07) is 1.62. The molecule has 2 aliphatic rings. The van der Waals surface area contributed by atoms with Crippen molar-refractivity contribution in [1.82, 2.24) is 0 Å². The summed E-state index contributed by atoms with van der Waals surface area (Å²) in [7, 11) is 3.02. The lowest BCUT2D eigenvalue weighted by atomic mass is 9.62. The van der Waals surface area contributed by atoms with Crippen molar-refractivity contribution in [3.63, 3.8) is 0 Å². The van der Waals surface area contributed by atoms with Gasteiger partial charge in [0.15, 0.2) is 5.75 Å². The van der Waals surface area contributed by atoms with Crippen LogP contribution in [-0.2, 0) is 4.74 Å². The molecule has 0 spiro atoms. The SMILES string of the molecule is COc1cc(OC)c2c(c1Cl)O[C@](C1=CC(C)(C)C(C)(C)C(C)O1)(C(C)C)C2=O. The first-order valence-corrected chi connectivity index (χ1v) is 10.3. The minimum absolute atomic E-state index is 0.111. The highest BCUT2D eigenvalue weighted by Gasteiger charge is 2.60. The molecule has 160 valence electrons. The van der Waals surface area contributed by atoms with E-state index in [0.717, 1.165) is 0 Å². The zero-order valence-electron chi connectivity index (χ0n) is 18.7. The Labute approximate surface area is 178 Å². The van der Waals surface area contributed by atoms with Crippen molar-refractivity contribution in [2.24, 2.45) is 16.7 Å². The Morgan fingerprint density at radius 2 is 1.69 bits per heavy atom. The van der Waals surface area contributed by atoms with Gasteiger partial charge in [0, 0.05) is 17.4 Å². The summed E-state index contributed by atoms with van der Waals surface area (Å²) in [5.41, 5.74) is -1.33. The third kappa shape index (κ3) is 2.84. The fourth-order valence-corrected chi connectivity index (χ4v) is 4.30. The van der Waals surface area contributed by atoms with Crippen LogP contribution in [0, 0.1) is 16.7 Å². The first-order chi connectivity index (χ1) is 13.3. The molecule has 0 N–H and O–H groups in total. The summed E-state index contributed by atoms with van der Waals surface area (Å²) >= 11 is 6.53. The third-order valence-corrected chi connectivity index (χ3v) is 7.43. The number of hydrogen-bond acceptors (Lipinski definition) is 5. The average molecular weight is 423 g/mol. The second-order valence-corrected chi connectivity index (χ2v) is 9.71. The molecule has 2 heterocycles. The minimum atomic E-state index is -1.31. The molecule has 2 aliphatic heterocycles. The van der Waals surface area contributed by atoms with Crippen LogP contribution in [0.4, 0.5) is 0 Å². The van der Waals surface area contributed by atoms with E-state index in [1.807, 2.05) is 26.8 Å². The second kappa shape index (κ2) is 6.83. The Bertz CT molecular complexity index is 884. The van der Waals surface area contributed by atoms with Crippen molar-refractivity contribution >= 4 is 17.4 Å². The largest absolute Gasteiger partial charge is 0.496 e. The summed E-state index contributed by atoms with van der Waals surface area (Å²) in [4.78, 5) is 13.8. The summed E-state index contributed by atoms with van der Waals surface area (Å²) < 4.78 is 23.6. The van der Waals surface area contributed by atoms with Gasteiger partial charge in [-0.25, -0.2) is 0 Å². The number of benzene rings is 1. The van der Waals surface area contributed by atoms with Gasteiger partial charge in [-0.15, -0.1) is 0 Å². The Balaban J connectivity index is 2.25. The van der Waals surface area contributed by atoms with Crippen LogP contribution < -0.4 is 14.2 Å². The van der Waals surface area contributed by atoms with E-state index < -0.39 is 5.60 Å². The predicted molar refractivity (Wildman–Crippen MR) is 113 cm³/mol. The molecule has 2 atom stereocenters. The van der Waals surface area contributed by atoms with Crippen molar-refractivity contribution < 1.29 is 23.7 Å². The topological polar surface area (TPSA) is 54.0 Å². The van der Waals surface area contributed by atoms with Crippen molar-refractivity contribution in [2.75, 3.05) is 14.2 Å². The van der Waals surface area contributed by atoms with Gasteiger partial charge in [-0.05, 0) is 18.4 Å². The summed E-state index contributed by atoms with van der Waals surface area (Å²) in [6.45, 7) is 14.6. The minimum Gasteiger partial charge on any atom is -0.496 e. The number of carbonyl (C=O) groups is 1. The molecule has 5 nitrogen and oxygen atoms in total. The van der Waals surface area contributed by atoms with Gasteiger partial charge in [-0.2, -0.15) is 0 Å². The molecule has 0 aromatic heterocycles. The lowest BCUT2D eigenvalue weighted by Crippen LogP contribution is -2.54. The van der Waals surface area contributed by atoms with E-state index >= 15 is 0 Å². The third-order valence-electron chi connectivity index (χ3n) is 7.07. The summed E-state index contributed by atoms with van der Waals surface area (Å²) in [5.74, 6) is 1.16. The number of methoxy groups -OCH3 is 2. The van der Waals surface area contributed by atoms with Crippen LogP contribution in [0.3, 0.4) is 0 Å².